The second-order valence-corrected chi connectivity index (χ2v) is 5.52. The number of methoxy groups -OCH3 is 2. The molecule has 0 heterocycles. The van der Waals surface area contributed by atoms with Crippen LogP contribution in [-0.2, 0) is 14.3 Å². The average Bonchev–Trinajstić information content (AvgIpc) is 2.67. The van der Waals surface area contributed by atoms with Crippen molar-refractivity contribution in [3.05, 3.63) is 59.9 Å². The second kappa shape index (κ2) is 9.38. The number of carbonyl (C=O) groups is 2. The first-order valence-electron chi connectivity index (χ1n) is 8.10. The normalized spacial score (nSPS) is 11.7. The summed E-state index contributed by atoms with van der Waals surface area (Å²) < 4.78 is 28.3. The van der Waals surface area contributed by atoms with Gasteiger partial charge in [0.2, 0.25) is 0 Å². The van der Waals surface area contributed by atoms with Gasteiger partial charge < -0.3 is 19.5 Å². The van der Waals surface area contributed by atoms with Crippen molar-refractivity contribution in [1.82, 2.24) is 0 Å². The van der Waals surface area contributed by atoms with Crippen LogP contribution < -0.4 is 14.8 Å². The monoisotopic (exact) mass is 373 g/mol. The molecular formula is C20H20FNO5. The lowest BCUT2D eigenvalue weighted by Crippen LogP contribution is -2.29. The van der Waals surface area contributed by atoms with E-state index in [-0.39, 0.29) is 0 Å². The first-order valence-corrected chi connectivity index (χ1v) is 8.10. The average molecular weight is 373 g/mol. The fraction of sp³-hybridized carbons (Fsp3) is 0.200. The molecule has 2 rings (SSSR count). The van der Waals surface area contributed by atoms with Crippen molar-refractivity contribution in [2.45, 2.75) is 13.0 Å². The predicted molar refractivity (Wildman–Crippen MR) is 99.2 cm³/mol. The summed E-state index contributed by atoms with van der Waals surface area (Å²) in [5.41, 5.74) is 1.03. The number of benzene rings is 2. The van der Waals surface area contributed by atoms with E-state index in [9.17, 15) is 14.0 Å². The second-order valence-electron chi connectivity index (χ2n) is 5.52. The lowest BCUT2D eigenvalue weighted by molar-refractivity contribution is -0.148. The van der Waals surface area contributed by atoms with Crippen molar-refractivity contribution < 1.29 is 28.2 Å². The number of esters is 1. The van der Waals surface area contributed by atoms with Crippen molar-refractivity contribution in [3.8, 4) is 11.5 Å². The molecule has 0 aliphatic rings. The van der Waals surface area contributed by atoms with Crippen molar-refractivity contribution in [2.24, 2.45) is 0 Å². The minimum Gasteiger partial charge on any atom is -0.497 e. The summed E-state index contributed by atoms with van der Waals surface area (Å²) in [6.45, 7) is 1.44. The van der Waals surface area contributed by atoms with Gasteiger partial charge in [-0.3, -0.25) is 4.79 Å². The van der Waals surface area contributed by atoms with Crippen LogP contribution in [-0.4, -0.2) is 32.2 Å². The largest absolute Gasteiger partial charge is 0.497 e. The number of hydrogen-bond donors (Lipinski definition) is 1. The van der Waals surface area contributed by atoms with Gasteiger partial charge in [-0.05, 0) is 55.5 Å². The Morgan fingerprint density at radius 1 is 1.07 bits per heavy atom. The van der Waals surface area contributed by atoms with Gasteiger partial charge in [-0.15, -0.1) is 0 Å². The summed E-state index contributed by atoms with van der Waals surface area (Å²) in [4.78, 5) is 24.0. The topological polar surface area (TPSA) is 73.9 Å². The van der Waals surface area contributed by atoms with Crippen LogP contribution >= 0.6 is 0 Å². The van der Waals surface area contributed by atoms with Gasteiger partial charge in [-0.1, -0.05) is 0 Å². The highest BCUT2D eigenvalue weighted by molar-refractivity contribution is 5.96. The number of hydrogen-bond acceptors (Lipinski definition) is 5. The Balaban J connectivity index is 1.97. The molecule has 7 heteroatoms. The summed E-state index contributed by atoms with van der Waals surface area (Å²) in [6, 6.07) is 10.4. The van der Waals surface area contributed by atoms with Gasteiger partial charge in [0.1, 0.15) is 17.3 Å². The molecule has 1 atom stereocenters. The summed E-state index contributed by atoms with van der Waals surface area (Å²) in [5, 5.41) is 2.54. The summed E-state index contributed by atoms with van der Waals surface area (Å²) in [6.07, 6.45) is 1.67. The maximum absolute atomic E-state index is 12.9. The van der Waals surface area contributed by atoms with E-state index in [2.05, 4.69) is 5.32 Å². The molecule has 2 aromatic rings. The number of anilines is 1. The molecule has 6 nitrogen and oxygen atoms in total. The van der Waals surface area contributed by atoms with E-state index in [1.807, 2.05) is 0 Å². The van der Waals surface area contributed by atoms with Crippen LogP contribution in [0.5, 0.6) is 11.5 Å². The molecule has 1 amide bonds. The molecule has 0 radical (unpaired) electrons. The minimum atomic E-state index is -1.03. The van der Waals surface area contributed by atoms with Crippen molar-refractivity contribution in [2.75, 3.05) is 19.5 Å². The Morgan fingerprint density at radius 2 is 1.78 bits per heavy atom. The molecule has 142 valence electrons. The third kappa shape index (κ3) is 5.85. The summed E-state index contributed by atoms with van der Waals surface area (Å²) in [5.74, 6) is -0.465. The lowest BCUT2D eigenvalue weighted by Gasteiger charge is -2.12. The molecule has 0 saturated carbocycles. The zero-order valence-corrected chi connectivity index (χ0v) is 15.2. The molecule has 0 aliphatic heterocycles. The minimum absolute atomic E-state index is 0.404. The smallest absolute Gasteiger partial charge is 0.331 e. The predicted octanol–water partition coefficient (Wildman–Crippen LogP) is 3.43. The van der Waals surface area contributed by atoms with Crippen molar-refractivity contribution >= 4 is 23.6 Å². The fourth-order valence-corrected chi connectivity index (χ4v) is 2.17. The first-order chi connectivity index (χ1) is 12.9. The van der Waals surface area contributed by atoms with E-state index >= 15 is 0 Å². The maximum Gasteiger partial charge on any atom is 0.331 e. The number of ether oxygens (including phenoxy) is 3. The van der Waals surface area contributed by atoms with Crippen molar-refractivity contribution in [3.63, 3.8) is 0 Å². The molecule has 0 spiro atoms. The molecule has 0 aliphatic carbocycles. The van der Waals surface area contributed by atoms with E-state index < -0.39 is 23.8 Å². The molecule has 0 unspecified atom stereocenters. The third-order valence-corrected chi connectivity index (χ3v) is 3.61. The summed E-state index contributed by atoms with van der Waals surface area (Å²) >= 11 is 0. The van der Waals surface area contributed by atoms with Crippen molar-refractivity contribution in [1.29, 1.82) is 0 Å². The van der Waals surface area contributed by atoms with Gasteiger partial charge in [0.15, 0.2) is 6.10 Å². The highest BCUT2D eigenvalue weighted by atomic mass is 19.1. The van der Waals surface area contributed by atoms with E-state index in [0.717, 1.165) is 0 Å². The highest BCUT2D eigenvalue weighted by Crippen LogP contribution is 2.25. The molecule has 1 N–H and O–H groups in total. The van der Waals surface area contributed by atoms with E-state index in [1.165, 1.54) is 57.6 Å². The van der Waals surface area contributed by atoms with E-state index in [0.29, 0.717) is 22.7 Å². The van der Waals surface area contributed by atoms with Crippen LogP contribution in [0.2, 0.25) is 0 Å². The van der Waals surface area contributed by atoms with Crippen LogP contribution in [0.3, 0.4) is 0 Å². The number of carbonyl (C=O) groups excluding carboxylic acids is 2. The van der Waals surface area contributed by atoms with E-state index in [1.54, 1.807) is 18.2 Å². The highest BCUT2D eigenvalue weighted by Gasteiger charge is 2.16. The van der Waals surface area contributed by atoms with Crippen LogP contribution in [0, 0.1) is 5.82 Å². The van der Waals surface area contributed by atoms with Crippen LogP contribution in [0.4, 0.5) is 10.1 Å². The molecule has 0 bridgehead atoms. The SMILES string of the molecule is COc1ccc(OC)c(/C=C/C(=O)O[C@@H](C)C(=O)Nc2ccc(F)cc2)c1. The Labute approximate surface area is 156 Å². The Kier molecular flexibility index (Phi) is 6.93. The van der Waals surface area contributed by atoms with Crippen LogP contribution in [0.25, 0.3) is 6.08 Å². The molecule has 0 aromatic heterocycles. The maximum atomic E-state index is 12.9. The molecule has 0 fully saturated rings. The number of rotatable bonds is 7. The van der Waals surface area contributed by atoms with Gasteiger partial charge in [0.05, 0.1) is 14.2 Å². The molecule has 0 saturated heterocycles. The zero-order valence-electron chi connectivity index (χ0n) is 15.2. The zero-order chi connectivity index (χ0) is 19.8. The fourth-order valence-electron chi connectivity index (χ4n) is 2.17. The first kappa shape index (κ1) is 20.0. The van der Waals surface area contributed by atoms with Gasteiger partial charge in [-0.2, -0.15) is 0 Å². The number of halogens is 1. The Morgan fingerprint density at radius 3 is 2.41 bits per heavy atom. The lowest BCUT2D eigenvalue weighted by atomic mass is 10.1. The summed E-state index contributed by atoms with van der Waals surface area (Å²) in [7, 11) is 3.05. The Bertz CT molecular complexity index is 833. The van der Waals surface area contributed by atoms with Crippen LogP contribution in [0.15, 0.2) is 48.5 Å². The van der Waals surface area contributed by atoms with Crippen LogP contribution in [0.1, 0.15) is 12.5 Å². The third-order valence-electron chi connectivity index (χ3n) is 3.61. The standard InChI is InChI=1S/C20H20FNO5/c1-13(20(24)22-16-7-5-15(21)6-8-16)27-19(23)11-4-14-12-17(25-2)9-10-18(14)26-3/h4-13H,1-3H3,(H,22,24)/b11-4+/t13-/m0/s1. The molecule has 2 aromatic carbocycles. The molecular weight excluding hydrogens is 353 g/mol. The molecule has 27 heavy (non-hydrogen) atoms. The number of nitrogens with one attached hydrogen (secondary N) is 1. The van der Waals surface area contributed by atoms with E-state index in [4.69, 9.17) is 14.2 Å². The van der Waals surface area contributed by atoms with Gasteiger partial charge in [0.25, 0.3) is 5.91 Å². The van der Waals surface area contributed by atoms with Gasteiger partial charge in [-0.25, -0.2) is 9.18 Å². The quantitative estimate of drug-likeness (QED) is 0.595. The number of amides is 1. The van der Waals surface area contributed by atoms with Gasteiger partial charge >= 0.3 is 5.97 Å². The Hall–Kier alpha value is -3.35. The van der Waals surface area contributed by atoms with Gasteiger partial charge in [0, 0.05) is 17.3 Å².